The first-order valence-corrected chi connectivity index (χ1v) is 5.37. The molecule has 0 amide bonds. The highest BCUT2D eigenvalue weighted by atomic mass is 15.2. The minimum absolute atomic E-state index is 0.281. The number of hydrazine groups is 1. The van der Waals surface area contributed by atoms with Crippen molar-refractivity contribution in [1.29, 1.82) is 0 Å². The van der Waals surface area contributed by atoms with Crippen LogP contribution in [0.1, 0.15) is 48.0 Å². The van der Waals surface area contributed by atoms with Crippen LogP contribution >= 0.6 is 0 Å². The second kappa shape index (κ2) is 4.97. The lowest BCUT2D eigenvalue weighted by molar-refractivity contribution is 0.0741. The van der Waals surface area contributed by atoms with Crippen molar-refractivity contribution in [3.8, 4) is 0 Å². The van der Waals surface area contributed by atoms with Gasteiger partial charge in [-0.3, -0.25) is 11.3 Å². The third-order valence-corrected chi connectivity index (χ3v) is 4.10. The van der Waals surface area contributed by atoms with Gasteiger partial charge in [-0.2, -0.15) is 0 Å². The summed E-state index contributed by atoms with van der Waals surface area (Å²) in [6.07, 6.45) is 1.21. The largest absolute Gasteiger partial charge is 0.271 e. The van der Waals surface area contributed by atoms with Crippen LogP contribution in [0.25, 0.3) is 0 Å². The maximum atomic E-state index is 5.54. The maximum Gasteiger partial charge on any atom is 0.0241 e. The third-order valence-electron chi connectivity index (χ3n) is 4.10. The first-order chi connectivity index (χ1) is 5.91. The summed E-state index contributed by atoms with van der Waals surface area (Å²) < 4.78 is 0. The highest BCUT2D eigenvalue weighted by molar-refractivity contribution is 4.89. The smallest absolute Gasteiger partial charge is 0.0241 e. The zero-order valence-electron chi connectivity index (χ0n) is 10.0. The van der Waals surface area contributed by atoms with Crippen molar-refractivity contribution in [3.05, 3.63) is 0 Å². The zero-order chi connectivity index (χ0) is 10.6. The van der Waals surface area contributed by atoms with Crippen molar-refractivity contribution < 1.29 is 0 Å². The molecule has 0 aliphatic rings. The second-order valence-corrected chi connectivity index (χ2v) is 4.72. The van der Waals surface area contributed by atoms with E-state index >= 15 is 0 Å². The van der Waals surface area contributed by atoms with Gasteiger partial charge in [-0.05, 0) is 24.2 Å². The van der Waals surface area contributed by atoms with E-state index in [-0.39, 0.29) is 5.41 Å². The SMILES string of the molecule is CCC(C)C(C)(C(C)C)C(C)NN. The number of hydrogen-bond acceptors (Lipinski definition) is 2. The fraction of sp³-hybridized carbons (Fsp3) is 1.00. The number of rotatable bonds is 5. The molecular formula is C11H26N2. The van der Waals surface area contributed by atoms with E-state index in [2.05, 4.69) is 47.0 Å². The molecule has 3 atom stereocenters. The summed E-state index contributed by atoms with van der Waals surface area (Å²) in [6.45, 7) is 13.6. The normalized spacial score (nSPS) is 21.2. The average Bonchev–Trinajstić information content (AvgIpc) is 2.13. The molecule has 0 radical (unpaired) electrons. The first kappa shape index (κ1) is 12.9. The van der Waals surface area contributed by atoms with Crippen LogP contribution in [0.3, 0.4) is 0 Å². The lowest BCUT2D eigenvalue weighted by Crippen LogP contribution is -2.51. The second-order valence-electron chi connectivity index (χ2n) is 4.72. The van der Waals surface area contributed by atoms with Crippen LogP contribution < -0.4 is 11.3 Å². The van der Waals surface area contributed by atoms with Gasteiger partial charge >= 0.3 is 0 Å². The standard InChI is InChI=1S/C11H26N2/c1-7-9(4)11(6,8(2)3)10(5)13-12/h8-10,13H,7,12H2,1-6H3. The van der Waals surface area contributed by atoms with E-state index in [1.54, 1.807) is 0 Å². The molecule has 80 valence electrons. The Labute approximate surface area is 83.2 Å². The Morgan fingerprint density at radius 2 is 1.69 bits per heavy atom. The Hall–Kier alpha value is -0.0800. The van der Waals surface area contributed by atoms with Gasteiger partial charge in [0, 0.05) is 6.04 Å². The Morgan fingerprint density at radius 1 is 1.23 bits per heavy atom. The summed E-state index contributed by atoms with van der Waals surface area (Å²) in [5.74, 6) is 6.88. The van der Waals surface area contributed by atoms with Crippen LogP contribution in [0.4, 0.5) is 0 Å². The molecule has 0 fully saturated rings. The lowest BCUT2D eigenvalue weighted by atomic mass is 9.65. The predicted molar refractivity (Wildman–Crippen MR) is 59.2 cm³/mol. The quantitative estimate of drug-likeness (QED) is 0.511. The third kappa shape index (κ3) is 2.44. The molecule has 0 aromatic carbocycles. The molecule has 0 saturated heterocycles. The van der Waals surface area contributed by atoms with E-state index in [4.69, 9.17) is 5.84 Å². The molecule has 0 aromatic heterocycles. The van der Waals surface area contributed by atoms with Crippen molar-refractivity contribution in [2.45, 2.75) is 54.0 Å². The Morgan fingerprint density at radius 3 is 1.92 bits per heavy atom. The van der Waals surface area contributed by atoms with Crippen LogP contribution in [-0.4, -0.2) is 6.04 Å². The van der Waals surface area contributed by atoms with Crippen molar-refractivity contribution in [2.24, 2.45) is 23.1 Å². The van der Waals surface area contributed by atoms with Crippen LogP contribution in [0, 0.1) is 17.3 Å². The van der Waals surface area contributed by atoms with Crippen molar-refractivity contribution in [3.63, 3.8) is 0 Å². The highest BCUT2D eigenvalue weighted by Crippen LogP contribution is 2.40. The molecule has 0 spiro atoms. The molecule has 0 rings (SSSR count). The van der Waals surface area contributed by atoms with E-state index in [0.29, 0.717) is 17.9 Å². The van der Waals surface area contributed by atoms with Gasteiger partial charge < -0.3 is 0 Å². The first-order valence-electron chi connectivity index (χ1n) is 5.37. The minimum Gasteiger partial charge on any atom is -0.271 e. The molecule has 3 N–H and O–H groups in total. The topological polar surface area (TPSA) is 38.0 Å². The van der Waals surface area contributed by atoms with Gasteiger partial charge in [-0.1, -0.05) is 41.0 Å². The van der Waals surface area contributed by atoms with Crippen molar-refractivity contribution >= 4 is 0 Å². The zero-order valence-corrected chi connectivity index (χ0v) is 10.0. The molecule has 2 heteroatoms. The Balaban J connectivity index is 4.71. The molecular weight excluding hydrogens is 160 g/mol. The van der Waals surface area contributed by atoms with Gasteiger partial charge in [0.2, 0.25) is 0 Å². The van der Waals surface area contributed by atoms with E-state index in [9.17, 15) is 0 Å². The molecule has 13 heavy (non-hydrogen) atoms. The van der Waals surface area contributed by atoms with Crippen molar-refractivity contribution in [2.75, 3.05) is 0 Å². The van der Waals surface area contributed by atoms with Gasteiger partial charge in [-0.15, -0.1) is 0 Å². The molecule has 0 bridgehead atoms. The monoisotopic (exact) mass is 186 g/mol. The summed E-state index contributed by atoms with van der Waals surface area (Å²) in [6, 6.07) is 0.363. The van der Waals surface area contributed by atoms with Crippen LogP contribution in [-0.2, 0) is 0 Å². The van der Waals surface area contributed by atoms with E-state index in [1.165, 1.54) is 6.42 Å². The average molecular weight is 186 g/mol. The molecule has 3 unspecified atom stereocenters. The molecule has 0 saturated carbocycles. The number of nitrogens with two attached hydrogens (primary N) is 1. The fourth-order valence-electron chi connectivity index (χ4n) is 2.12. The Kier molecular flexibility index (Phi) is 4.93. The van der Waals surface area contributed by atoms with Gasteiger partial charge in [0.25, 0.3) is 0 Å². The van der Waals surface area contributed by atoms with E-state index in [1.807, 2.05) is 0 Å². The molecule has 2 nitrogen and oxygen atoms in total. The number of nitrogens with one attached hydrogen (secondary N) is 1. The van der Waals surface area contributed by atoms with E-state index in [0.717, 1.165) is 0 Å². The minimum atomic E-state index is 0.281. The van der Waals surface area contributed by atoms with Gasteiger partial charge in [0.1, 0.15) is 0 Å². The molecule has 0 aromatic rings. The molecule has 0 aliphatic heterocycles. The van der Waals surface area contributed by atoms with E-state index < -0.39 is 0 Å². The maximum absolute atomic E-state index is 5.54. The van der Waals surface area contributed by atoms with Crippen LogP contribution in [0.5, 0.6) is 0 Å². The molecule has 0 aliphatic carbocycles. The highest BCUT2D eigenvalue weighted by Gasteiger charge is 2.38. The van der Waals surface area contributed by atoms with Gasteiger partial charge in [0.15, 0.2) is 0 Å². The molecule has 0 heterocycles. The fourth-order valence-corrected chi connectivity index (χ4v) is 2.12. The predicted octanol–water partition coefficient (Wildman–Crippen LogP) is 2.55. The lowest BCUT2D eigenvalue weighted by Gasteiger charge is -2.44. The van der Waals surface area contributed by atoms with Gasteiger partial charge in [0.05, 0.1) is 0 Å². The Bertz CT molecular complexity index is 133. The summed E-state index contributed by atoms with van der Waals surface area (Å²) >= 11 is 0. The summed E-state index contributed by atoms with van der Waals surface area (Å²) in [7, 11) is 0. The van der Waals surface area contributed by atoms with Gasteiger partial charge in [-0.25, -0.2) is 0 Å². The summed E-state index contributed by atoms with van der Waals surface area (Å²) in [5, 5.41) is 0. The summed E-state index contributed by atoms with van der Waals surface area (Å²) in [4.78, 5) is 0. The van der Waals surface area contributed by atoms with Crippen LogP contribution in [0.15, 0.2) is 0 Å². The number of hydrogen-bond donors (Lipinski definition) is 2. The van der Waals surface area contributed by atoms with Crippen LogP contribution in [0.2, 0.25) is 0 Å². The van der Waals surface area contributed by atoms with Crippen molar-refractivity contribution in [1.82, 2.24) is 5.43 Å². The summed E-state index contributed by atoms with van der Waals surface area (Å²) in [5.41, 5.74) is 3.18.